The number of amides is 1. The molecule has 1 fully saturated rings. The van der Waals surface area contributed by atoms with Crippen molar-refractivity contribution in [2.24, 2.45) is 0 Å². The molecule has 0 bridgehead atoms. The molecule has 0 aliphatic carbocycles. The van der Waals surface area contributed by atoms with Gasteiger partial charge in [0.15, 0.2) is 0 Å². The molecule has 0 spiro atoms. The van der Waals surface area contributed by atoms with Crippen molar-refractivity contribution in [3.63, 3.8) is 0 Å². The number of aromatic nitrogens is 2. The highest BCUT2D eigenvalue weighted by atomic mass is 19.4. The van der Waals surface area contributed by atoms with Gasteiger partial charge in [0.05, 0.1) is 12.2 Å². The quantitative estimate of drug-likeness (QED) is 0.812. The van der Waals surface area contributed by atoms with Gasteiger partial charge in [-0.2, -0.15) is 13.2 Å². The molecule has 1 aromatic heterocycles. The van der Waals surface area contributed by atoms with Crippen molar-refractivity contribution in [2.75, 3.05) is 25.0 Å². The summed E-state index contributed by atoms with van der Waals surface area (Å²) < 4.78 is 68.9. The molecule has 146 valence electrons. The van der Waals surface area contributed by atoms with Gasteiger partial charge in [0.25, 0.3) is 0 Å². The van der Waals surface area contributed by atoms with Crippen molar-refractivity contribution in [3.05, 3.63) is 41.6 Å². The molecule has 2 heterocycles. The second-order valence-electron chi connectivity index (χ2n) is 6.17. The molecule has 0 saturated carbocycles. The highest BCUT2D eigenvalue weighted by molar-refractivity contribution is 5.92. The van der Waals surface area contributed by atoms with Crippen LogP contribution in [0, 0.1) is 11.6 Å². The first-order chi connectivity index (χ1) is 12.7. The smallest absolute Gasteiger partial charge is 0.417 e. The van der Waals surface area contributed by atoms with Crippen LogP contribution in [0.2, 0.25) is 0 Å². The fourth-order valence-electron chi connectivity index (χ4n) is 2.84. The predicted octanol–water partition coefficient (Wildman–Crippen LogP) is 3.18. The van der Waals surface area contributed by atoms with Crippen molar-refractivity contribution >= 4 is 11.6 Å². The topological polar surface area (TPSA) is 71.3 Å². The van der Waals surface area contributed by atoms with Crippen LogP contribution in [0.25, 0.3) is 0 Å². The van der Waals surface area contributed by atoms with Crippen LogP contribution in [-0.4, -0.2) is 40.6 Å². The number of carbonyl (C=O) groups is 1. The molecule has 0 radical (unpaired) electrons. The van der Waals surface area contributed by atoms with Gasteiger partial charge in [-0.15, -0.1) is 10.2 Å². The van der Waals surface area contributed by atoms with Gasteiger partial charge in [0.1, 0.15) is 11.6 Å². The molecule has 0 unspecified atom stereocenters. The zero-order chi connectivity index (χ0) is 19.6. The molecule has 1 amide bonds. The molecular formula is C16H15F5N4O2. The van der Waals surface area contributed by atoms with Crippen LogP contribution >= 0.6 is 0 Å². The first-order valence-electron chi connectivity index (χ1n) is 8.10. The number of nitrogens with zero attached hydrogens (tertiary/aromatic N) is 3. The molecule has 1 aliphatic rings. The van der Waals surface area contributed by atoms with Crippen LogP contribution in [0.3, 0.4) is 0 Å². The normalized spacial score (nSPS) is 16.5. The van der Waals surface area contributed by atoms with Crippen LogP contribution in [0.4, 0.5) is 27.6 Å². The Morgan fingerprint density at radius 3 is 2.56 bits per heavy atom. The summed E-state index contributed by atoms with van der Waals surface area (Å²) >= 11 is 0. The molecule has 1 aliphatic heterocycles. The van der Waals surface area contributed by atoms with E-state index in [1.807, 2.05) is 0 Å². The maximum Gasteiger partial charge on any atom is 0.470 e. The van der Waals surface area contributed by atoms with E-state index in [4.69, 9.17) is 0 Å². The molecule has 0 atom stereocenters. The highest BCUT2D eigenvalue weighted by Crippen LogP contribution is 2.32. The third-order valence-electron chi connectivity index (χ3n) is 4.19. The van der Waals surface area contributed by atoms with Gasteiger partial charge < -0.3 is 9.73 Å². The van der Waals surface area contributed by atoms with Crippen LogP contribution in [0.5, 0.6) is 0 Å². The molecule has 1 saturated heterocycles. The minimum absolute atomic E-state index is 0.0553. The lowest BCUT2D eigenvalue weighted by molar-refractivity contribution is -0.157. The summed E-state index contributed by atoms with van der Waals surface area (Å²) in [5.74, 6) is -3.72. The lowest BCUT2D eigenvalue weighted by atomic mass is 9.97. The second-order valence-corrected chi connectivity index (χ2v) is 6.17. The van der Waals surface area contributed by atoms with E-state index in [0.29, 0.717) is 25.9 Å². The Hall–Kier alpha value is -2.56. The number of hydrogen-bond donors (Lipinski definition) is 1. The molecular weight excluding hydrogens is 375 g/mol. The van der Waals surface area contributed by atoms with Crippen LogP contribution in [0.15, 0.2) is 22.6 Å². The molecule has 1 N–H and O–H groups in total. The largest absolute Gasteiger partial charge is 0.470 e. The summed E-state index contributed by atoms with van der Waals surface area (Å²) in [6, 6.07) is 2.74. The number of benzene rings is 1. The Kier molecular flexibility index (Phi) is 5.40. The van der Waals surface area contributed by atoms with E-state index in [2.05, 4.69) is 19.9 Å². The number of alkyl halides is 3. The average Bonchev–Trinajstić information content (AvgIpc) is 3.09. The number of anilines is 1. The van der Waals surface area contributed by atoms with Crippen LogP contribution in [0.1, 0.15) is 30.5 Å². The fourth-order valence-corrected chi connectivity index (χ4v) is 2.84. The lowest BCUT2D eigenvalue weighted by Crippen LogP contribution is -2.38. The van der Waals surface area contributed by atoms with E-state index in [0.717, 1.165) is 18.2 Å². The van der Waals surface area contributed by atoms with Crippen molar-refractivity contribution in [3.8, 4) is 0 Å². The van der Waals surface area contributed by atoms with E-state index < -0.39 is 29.6 Å². The Morgan fingerprint density at radius 1 is 1.22 bits per heavy atom. The zero-order valence-electron chi connectivity index (χ0n) is 13.9. The number of hydrogen-bond acceptors (Lipinski definition) is 5. The number of halogens is 5. The number of rotatable bonds is 4. The van der Waals surface area contributed by atoms with Crippen molar-refractivity contribution in [1.29, 1.82) is 0 Å². The van der Waals surface area contributed by atoms with Crippen molar-refractivity contribution in [2.45, 2.75) is 24.9 Å². The van der Waals surface area contributed by atoms with Gasteiger partial charge >= 0.3 is 12.1 Å². The third kappa shape index (κ3) is 4.79. The van der Waals surface area contributed by atoms with E-state index in [1.54, 1.807) is 4.90 Å². The Morgan fingerprint density at radius 2 is 1.93 bits per heavy atom. The summed E-state index contributed by atoms with van der Waals surface area (Å²) in [5, 5.41) is 8.76. The SMILES string of the molecule is O=C(CN1CCC(c2nnc(C(F)(F)F)o2)CC1)Nc1cc(F)ccc1F. The van der Waals surface area contributed by atoms with Gasteiger partial charge in [-0.25, -0.2) is 8.78 Å². The Balaban J connectivity index is 1.51. The number of piperidine rings is 1. The van der Waals surface area contributed by atoms with Gasteiger partial charge in [-0.05, 0) is 38.1 Å². The molecule has 6 nitrogen and oxygen atoms in total. The summed E-state index contributed by atoms with van der Waals surface area (Å²) in [7, 11) is 0. The standard InChI is InChI=1S/C16H15F5N4O2/c17-10-1-2-11(18)12(7-10)22-13(26)8-25-5-3-9(4-6-25)14-23-24-15(27-14)16(19,20)21/h1-2,7,9H,3-6,8H2,(H,22,26). The summed E-state index contributed by atoms with van der Waals surface area (Å²) in [4.78, 5) is 13.8. The minimum Gasteiger partial charge on any atom is -0.417 e. The summed E-state index contributed by atoms with van der Waals surface area (Å²) in [5.41, 5.74) is -0.250. The van der Waals surface area contributed by atoms with E-state index in [9.17, 15) is 26.7 Å². The average molecular weight is 390 g/mol. The first-order valence-corrected chi connectivity index (χ1v) is 8.10. The van der Waals surface area contributed by atoms with E-state index in [1.165, 1.54) is 0 Å². The number of carbonyl (C=O) groups excluding carboxylic acids is 1. The minimum atomic E-state index is -4.68. The van der Waals surface area contributed by atoms with Crippen molar-refractivity contribution in [1.82, 2.24) is 15.1 Å². The maximum atomic E-state index is 13.5. The molecule has 27 heavy (non-hydrogen) atoms. The molecule has 3 rings (SSSR count). The van der Waals surface area contributed by atoms with Gasteiger partial charge in [0.2, 0.25) is 11.8 Å². The third-order valence-corrected chi connectivity index (χ3v) is 4.19. The number of likely N-dealkylation sites (tertiary alicyclic amines) is 1. The molecule has 2 aromatic rings. The Labute approximate surface area is 150 Å². The predicted molar refractivity (Wildman–Crippen MR) is 82.7 cm³/mol. The Bertz CT molecular complexity index is 815. The summed E-state index contributed by atoms with van der Waals surface area (Å²) in [6.07, 6.45) is -3.82. The van der Waals surface area contributed by atoms with Gasteiger partial charge in [-0.1, -0.05) is 0 Å². The summed E-state index contributed by atoms with van der Waals surface area (Å²) in [6.45, 7) is 0.765. The van der Waals surface area contributed by atoms with Crippen LogP contribution < -0.4 is 5.32 Å². The van der Waals surface area contributed by atoms with E-state index >= 15 is 0 Å². The highest BCUT2D eigenvalue weighted by Gasteiger charge is 2.39. The molecule has 11 heteroatoms. The lowest BCUT2D eigenvalue weighted by Gasteiger charge is -2.29. The van der Waals surface area contributed by atoms with Crippen LogP contribution in [-0.2, 0) is 11.0 Å². The van der Waals surface area contributed by atoms with Gasteiger partial charge in [-0.3, -0.25) is 9.69 Å². The zero-order valence-corrected chi connectivity index (χ0v) is 13.9. The first kappa shape index (κ1) is 19.2. The van der Waals surface area contributed by atoms with E-state index in [-0.39, 0.29) is 24.0 Å². The van der Waals surface area contributed by atoms with Crippen molar-refractivity contribution < 1.29 is 31.2 Å². The van der Waals surface area contributed by atoms with Gasteiger partial charge in [0, 0.05) is 12.0 Å². The molecule has 1 aromatic carbocycles. The maximum absolute atomic E-state index is 13.5. The second kappa shape index (κ2) is 7.59. The fraction of sp³-hybridized carbons (Fsp3) is 0.438. The monoisotopic (exact) mass is 390 g/mol. The number of nitrogens with one attached hydrogen (secondary N) is 1.